The Hall–Kier alpha value is -2.14. The Kier molecular flexibility index (Phi) is 4.53. The monoisotopic (exact) mass is 289 g/mol. The number of allylic oxidation sites excluding steroid dienone is 1. The molecule has 1 aromatic carbocycles. The fourth-order valence-electron chi connectivity index (χ4n) is 1.70. The minimum absolute atomic E-state index is 0.310. The second-order valence-electron chi connectivity index (χ2n) is 4.12. The molecule has 104 valence electrons. The molecule has 1 aromatic heterocycles. The first-order chi connectivity index (χ1) is 9.63. The summed E-state index contributed by atoms with van der Waals surface area (Å²) < 4.78 is 10.6. The number of hydrogen-bond acceptors (Lipinski definition) is 5. The number of carbonyl (C=O) groups excluding carboxylic acids is 1. The quantitative estimate of drug-likeness (QED) is 0.481. The first-order valence-electron chi connectivity index (χ1n) is 6.06. The van der Waals surface area contributed by atoms with E-state index in [0.717, 1.165) is 17.0 Å². The molecule has 0 N–H and O–H groups in total. The molecule has 4 nitrogen and oxygen atoms in total. The summed E-state index contributed by atoms with van der Waals surface area (Å²) in [5, 5.41) is 2.50. The van der Waals surface area contributed by atoms with E-state index in [-0.39, 0.29) is 0 Å². The number of hydrogen-bond donors (Lipinski definition) is 0. The van der Waals surface area contributed by atoms with Crippen molar-refractivity contribution < 1.29 is 14.3 Å². The molecule has 0 aliphatic rings. The van der Waals surface area contributed by atoms with E-state index < -0.39 is 5.97 Å². The molecule has 20 heavy (non-hydrogen) atoms. The summed E-state index contributed by atoms with van der Waals surface area (Å²) in [6.45, 7) is 5.53. The van der Waals surface area contributed by atoms with Gasteiger partial charge < -0.3 is 9.47 Å². The summed E-state index contributed by atoms with van der Waals surface area (Å²) in [7, 11) is 1.54. The third kappa shape index (κ3) is 3.24. The molecule has 0 aliphatic carbocycles. The number of aryl methyl sites for hydroxylation is 1. The lowest BCUT2D eigenvalue weighted by molar-refractivity contribution is 0.0724. The molecule has 2 rings (SSSR count). The van der Waals surface area contributed by atoms with E-state index in [1.54, 1.807) is 17.5 Å². The number of carbonyl (C=O) groups is 1. The fraction of sp³-hybridized carbons (Fsp3) is 0.200. The maximum atomic E-state index is 12.0. The van der Waals surface area contributed by atoms with Crippen molar-refractivity contribution in [1.82, 2.24) is 4.98 Å². The highest BCUT2D eigenvalue weighted by molar-refractivity contribution is 7.09. The van der Waals surface area contributed by atoms with Crippen molar-refractivity contribution in [3.05, 3.63) is 52.5 Å². The molecule has 1 heterocycles. The van der Waals surface area contributed by atoms with Gasteiger partial charge >= 0.3 is 5.97 Å². The second kappa shape index (κ2) is 6.34. The van der Waals surface area contributed by atoms with Gasteiger partial charge in [0.25, 0.3) is 0 Å². The lowest BCUT2D eigenvalue weighted by atomic mass is 10.1. The van der Waals surface area contributed by atoms with Crippen molar-refractivity contribution in [3.63, 3.8) is 0 Å². The van der Waals surface area contributed by atoms with E-state index in [4.69, 9.17) is 9.47 Å². The lowest BCUT2D eigenvalue weighted by Crippen LogP contribution is -2.09. The zero-order chi connectivity index (χ0) is 14.5. The van der Waals surface area contributed by atoms with E-state index in [1.807, 2.05) is 19.1 Å². The summed E-state index contributed by atoms with van der Waals surface area (Å²) in [5.41, 5.74) is 1.35. The summed E-state index contributed by atoms with van der Waals surface area (Å²) in [5.74, 6) is 0.421. The van der Waals surface area contributed by atoms with Gasteiger partial charge in [-0.1, -0.05) is 12.1 Å². The number of aromatic nitrogens is 1. The third-order valence-electron chi connectivity index (χ3n) is 2.64. The third-order valence-corrected chi connectivity index (χ3v) is 3.41. The van der Waals surface area contributed by atoms with Crippen molar-refractivity contribution in [3.8, 4) is 11.5 Å². The van der Waals surface area contributed by atoms with Crippen molar-refractivity contribution >= 4 is 17.3 Å². The normalized spacial score (nSPS) is 10.1. The van der Waals surface area contributed by atoms with Crippen molar-refractivity contribution in [2.45, 2.75) is 13.3 Å². The highest BCUT2D eigenvalue weighted by Gasteiger charge is 2.15. The first kappa shape index (κ1) is 14.3. The SMILES string of the molecule is C=CCc1ccc(OC(=O)c2csc(C)n2)c(OC)c1. The average Bonchev–Trinajstić information content (AvgIpc) is 2.87. The Bertz CT molecular complexity index is 634. The summed E-state index contributed by atoms with van der Waals surface area (Å²) in [6, 6.07) is 5.42. The van der Waals surface area contributed by atoms with Gasteiger partial charge in [-0.25, -0.2) is 9.78 Å². The molecule has 0 fully saturated rings. The predicted octanol–water partition coefficient (Wildman–Crippen LogP) is 3.41. The summed E-state index contributed by atoms with van der Waals surface area (Å²) >= 11 is 1.41. The van der Waals surface area contributed by atoms with Crippen molar-refractivity contribution in [1.29, 1.82) is 0 Å². The smallest absolute Gasteiger partial charge is 0.363 e. The van der Waals surface area contributed by atoms with E-state index >= 15 is 0 Å². The molecule has 0 radical (unpaired) electrons. The molecule has 0 bridgehead atoms. The fourth-order valence-corrected chi connectivity index (χ4v) is 2.28. The van der Waals surface area contributed by atoms with Gasteiger partial charge in [0, 0.05) is 5.38 Å². The summed E-state index contributed by atoms with van der Waals surface area (Å²) in [4.78, 5) is 16.1. The van der Waals surface area contributed by atoms with Gasteiger partial charge in [0.1, 0.15) is 0 Å². The highest BCUT2D eigenvalue weighted by Crippen LogP contribution is 2.29. The van der Waals surface area contributed by atoms with Gasteiger partial charge in [-0.2, -0.15) is 0 Å². The zero-order valence-corrected chi connectivity index (χ0v) is 12.2. The Labute approximate surface area is 121 Å². The van der Waals surface area contributed by atoms with Crippen LogP contribution in [0.5, 0.6) is 11.5 Å². The minimum Gasteiger partial charge on any atom is -0.493 e. The van der Waals surface area contributed by atoms with Gasteiger partial charge in [0.05, 0.1) is 12.1 Å². The van der Waals surface area contributed by atoms with Gasteiger partial charge in [-0.05, 0) is 31.0 Å². The number of nitrogens with zero attached hydrogens (tertiary/aromatic N) is 1. The van der Waals surface area contributed by atoms with Gasteiger partial charge in [-0.3, -0.25) is 0 Å². The molecule has 0 unspecified atom stereocenters. The molecule has 5 heteroatoms. The van der Waals surface area contributed by atoms with Gasteiger partial charge in [0.2, 0.25) is 0 Å². The lowest BCUT2D eigenvalue weighted by Gasteiger charge is -2.09. The molecule has 0 atom stereocenters. The number of esters is 1. The van der Waals surface area contributed by atoms with Crippen LogP contribution in [0.25, 0.3) is 0 Å². The van der Waals surface area contributed by atoms with E-state index in [0.29, 0.717) is 17.2 Å². The number of rotatable bonds is 5. The Morgan fingerprint density at radius 2 is 2.25 bits per heavy atom. The van der Waals surface area contributed by atoms with Crippen LogP contribution in [-0.4, -0.2) is 18.1 Å². The number of ether oxygens (including phenoxy) is 2. The van der Waals surface area contributed by atoms with E-state index in [1.165, 1.54) is 18.4 Å². The first-order valence-corrected chi connectivity index (χ1v) is 6.94. The van der Waals surface area contributed by atoms with Gasteiger partial charge in [-0.15, -0.1) is 17.9 Å². The van der Waals surface area contributed by atoms with Crippen molar-refractivity contribution in [2.24, 2.45) is 0 Å². The Morgan fingerprint density at radius 3 is 2.85 bits per heavy atom. The molecular formula is C15H15NO3S. The number of methoxy groups -OCH3 is 1. The molecule has 2 aromatic rings. The van der Waals surface area contributed by atoms with Crippen LogP contribution in [0.4, 0.5) is 0 Å². The molecule has 0 amide bonds. The van der Waals surface area contributed by atoms with E-state index in [9.17, 15) is 4.79 Å². The summed E-state index contributed by atoms with van der Waals surface area (Å²) in [6.07, 6.45) is 2.54. The number of thiazole rings is 1. The van der Waals surface area contributed by atoms with Crippen LogP contribution in [0, 0.1) is 6.92 Å². The van der Waals surface area contributed by atoms with Crippen LogP contribution < -0.4 is 9.47 Å². The molecular weight excluding hydrogens is 274 g/mol. The average molecular weight is 289 g/mol. The molecule has 0 saturated heterocycles. The van der Waals surface area contributed by atoms with Crippen LogP contribution in [0.1, 0.15) is 21.1 Å². The van der Waals surface area contributed by atoms with Crippen LogP contribution in [0.3, 0.4) is 0 Å². The topological polar surface area (TPSA) is 48.4 Å². The maximum absolute atomic E-state index is 12.0. The minimum atomic E-state index is -0.482. The Balaban J connectivity index is 2.20. The van der Waals surface area contributed by atoms with E-state index in [2.05, 4.69) is 11.6 Å². The Morgan fingerprint density at radius 1 is 1.45 bits per heavy atom. The van der Waals surface area contributed by atoms with Crippen LogP contribution in [0.15, 0.2) is 36.2 Å². The molecule has 0 aliphatic heterocycles. The second-order valence-corrected chi connectivity index (χ2v) is 5.18. The van der Waals surface area contributed by atoms with Crippen molar-refractivity contribution in [2.75, 3.05) is 7.11 Å². The molecule has 0 spiro atoms. The predicted molar refractivity (Wildman–Crippen MR) is 78.7 cm³/mol. The standard InChI is InChI=1S/C15H15NO3S/c1-4-5-11-6-7-13(14(8-11)18-3)19-15(17)12-9-20-10(2)16-12/h4,6-9H,1,5H2,2-3H3. The number of benzene rings is 1. The maximum Gasteiger partial charge on any atom is 0.363 e. The van der Waals surface area contributed by atoms with Crippen LogP contribution in [-0.2, 0) is 6.42 Å². The van der Waals surface area contributed by atoms with Gasteiger partial charge in [0.15, 0.2) is 17.2 Å². The molecule has 0 saturated carbocycles. The van der Waals surface area contributed by atoms with Crippen LogP contribution in [0.2, 0.25) is 0 Å². The zero-order valence-electron chi connectivity index (χ0n) is 11.4. The largest absolute Gasteiger partial charge is 0.493 e. The highest BCUT2D eigenvalue weighted by atomic mass is 32.1. The van der Waals surface area contributed by atoms with Crippen LogP contribution >= 0.6 is 11.3 Å².